The fourth-order valence-corrected chi connectivity index (χ4v) is 0.102. The van der Waals surface area contributed by atoms with Gasteiger partial charge in [-0.1, -0.05) is 0 Å². The maximum absolute atomic E-state index is 6.29. The molecule has 0 radical (unpaired) electrons. The molecule has 0 unspecified atom stereocenters. The molecule has 0 aliphatic carbocycles. The van der Waals surface area contributed by atoms with Gasteiger partial charge in [-0.15, -0.1) is 6.08 Å². The van der Waals surface area contributed by atoms with E-state index in [2.05, 4.69) is 4.74 Å². The van der Waals surface area contributed by atoms with Gasteiger partial charge in [0.05, 0.1) is 7.11 Å². The summed E-state index contributed by atoms with van der Waals surface area (Å²) in [5, 5.41) is 0. The van der Waals surface area contributed by atoms with Gasteiger partial charge in [0.1, 0.15) is 0 Å². The van der Waals surface area contributed by atoms with Crippen molar-refractivity contribution in [2.45, 2.75) is 0 Å². The number of methoxy groups -OCH3 is 1. The normalized spacial score (nSPS) is 6.86. The van der Waals surface area contributed by atoms with Crippen LogP contribution in [0.25, 0.3) is 0 Å². The van der Waals surface area contributed by atoms with Crippen LogP contribution in [0, 0.1) is 12.3 Å². The molecule has 0 bridgehead atoms. The van der Waals surface area contributed by atoms with Gasteiger partial charge in [-0.2, -0.15) is 0 Å². The van der Waals surface area contributed by atoms with E-state index >= 15 is 0 Å². The molecule has 0 spiro atoms. The molecule has 0 rings (SSSR count). The number of rotatable bonds is 1. The van der Waals surface area contributed by atoms with Gasteiger partial charge in [-0.3, -0.25) is 5.92 Å². The molecule has 0 amide bonds. The summed E-state index contributed by atoms with van der Waals surface area (Å²) in [5.74, 6) is 2.01. The van der Waals surface area contributed by atoms with E-state index in [1.165, 1.54) is 19.4 Å². The van der Waals surface area contributed by atoms with Crippen molar-refractivity contribution in [3.63, 3.8) is 0 Å². The summed E-state index contributed by atoms with van der Waals surface area (Å²) < 4.78 is 4.42. The first-order chi connectivity index (χ1) is 2.91. The van der Waals surface area contributed by atoms with Gasteiger partial charge in [0.15, 0.2) is 0 Å². The van der Waals surface area contributed by atoms with Crippen LogP contribution < -0.4 is 18.9 Å². The Morgan fingerprint density at radius 3 is 2.43 bits per heavy atom. The summed E-state index contributed by atoms with van der Waals surface area (Å²) in [6.07, 6.45) is 9.05. The van der Waals surface area contributed by atoms with E-state index in [1.807, 2.05) is 5.92 Å². The Labute approximate surface area is 55.9 Å². The van der Waals surface area contributed by atoms with Gasteiger partial charge in [0.2, 0.25) is 0 Å². The standard InChI is InChI=1S/C5H5O.Li/c1-3-4-5-6-2;/h4-5H,2H3;/q-1;+1/b5-4+;. The van der Waals surface area contributed by atoms with Crippen LogP contribution in [0.4, 0.5) is 0 Å². The van der Waals surface area contributed by atoms with Crippen molar-refractivity contribution >= 4 is 0 Å². The van der Waals surface area contributed by atoms with Crippen LogP contribution >= 0.6 is 0 Å². The Kier molecular flexibility index (Phi) is 12.9. The summed E-state index contributed by atoms with van der Waals surface area (Å²) >= 11 is 0. The van der Waals surface area contributed by atoms with Crippen molar-refractivity contribution in [3.8, 4) is 5.92 Å². The Morgan fingerprint density at radius 2 is 2.29 bits per heavy atom. The molecular formula is C5H5LiO. The van der Waals surface area contributed by atoms with E-state index in [0.717, 1.165) is 0 Å². The molecule has 32 valence electrons. The van der Waals surface area contributed by atoms with Crippen molar-refractivity contribution in [2.75, 3.05) is 7.11 Å². The zero-order valence-electron chi connectivity index (χ0n) is 4.56. The second-order valence-electron chi connectivity index (χ2n) is 0.683. The van der Waals surface area contributed by atoms with Gasteiger partial charge in [0, 0.05) is 6.26 Å². The van der Waals surface area contributed by atoms with Gasteiger partial charge in [0.25, 0.3) is 0 Å². The summed E-state index contributed by atoms with van der Waals surface area (Å²) in [6, 6.07) is 0. The zero-order valence-corrected chi connectivity index (χ0v) is 4.56. The monoisotopic (exact) mass is 88.1 g/mol. The van der Waals surface area contributed by atoms with Crippen molar-refractivity contribution in [1.29, 1.82) is 0 Å². The molecule has 0 N–H and O–H groups in total. The minimum absolute atomic E-state index is 0. The summed E-state index contributed by atoms with van der Waals surface area (Å²) in [4.78, 5) is 0. The van der Waals surface area contributed by atoms with Gasteiger partial charge < -0.3 is 11.2 Å². The van der Waals surface area contributed by atoms with E-state index in [1.54, 1.807) is 0 Å². The Morgan fingerprint density at radius 1 is 1.71 bits per heavy atom. The molecule has 1 nitrogen and oxygen atoms in total. The van der Waals surface area contributed by atoms with Crippen LogP contribution in [0.2, 0.25) is 0 Å². The largest absolute Gasteiger partial charge is 1.00 e. The van der Waals surface area contributed by atoms with Crippen LogP contribution in [-0.4, -0.2) is 7.11 Å². The Balaban J connectivity index is 0. The van der Waals surface area contributed by atoms with E-state index in [9.17, 15) is 0 Å². The number of ether oxygens (including phenoxy) is 1. The topological polar surface area (TPSA) is 9.23 Å². The SMILES string of the molecule is [C-]#C/C=C/OC.[Li+]. The van der Waals surface area contributed by atoms with Crippen LogP contribution in [0.5, 0.6) is 0 Å². The quantitative estimate of drug-likeness (QED) is 0.152. The molecular weight excluding hydrogens is 83.0 g/mol. The Hall–Kier alpha value is -0.303. The number of hydrogen-bond donors (Lipinski definition) is 0. The van der Waals surface area contributed by atoms with Gasteiger partial charge in [-0.25, -0.2) is 0 Å². The minimum atomic E-state index is 0. The molecule has 0 saturated heterocycles. The molecule has 0 aliphatic rings. The van der Waals surface area contributed by atoms with Gasteiger partial charge >= 0.3 is 18.9 Å². The molecule has 0 saturated carbocycles. The third-order valence-electron chi connectivity index (χ3n) is 0.287. The smallest absolute Gasteiger partial charge is 0.522 e. The molecule has 2 heteroatoms. The van der Waals surface area contributed by atoms with E-state index in [4.69, 9.17) is 6.42 Å². The second kappa shape index (κ2) is 9.20. The summed E-state index contributed by atoms with van der Waals surface area (Å²) in [5.41, 5.74) is 0. The third kappa shape index (κ3) is 10.7. The first-order valence-electron chi connectivity index (χ1n) is 1.52. The number of allylic oxidation sites excluding steroid dienone is 1. The predicted molar refractivity (Wildman–Crippen MR) is 23.3 cm³/mol. The van der Waals surface area contributed by atoms with Crippen molar-refractivity contribution < 1.29 is 23.6 Å². The fourth-order valence-electron chi connectivity index (χ4n) is 0.102. The summed E-state index contributed by atoms with van der Waals surface area (Å²) in [6.45, 7) is 0. The third-order valence-corrected chi connectivity index (χ3v) is 0.287. The second-order valence-corrected chi connectivity index (χ2v) is 0.683. The van der Waals surface area contributed by atoms with E-state index in [-0.39, 0.29) is 18.9 Å². The molecule has 0 aromatic heterocycles. The molecule has 0 heterocycles. The zero-order chi connectivity index (χ0) is 4.83. The molecule has 0 fully saturated rings. The molecule has 7 heavy (non-hydrogen) atoms. The minimum Gasteiger partial charge on any atom is -0.522 e. The molecule has 0 aromatic rings. The molecule has 0 aromatic carbocycles. The average Bonchev–Trinajstić information content (AvgIpc) is 1.61. The van der Waals surface area contributed by atoms with Crippen molar-refractivity contribution in [1.82, 2.24) is 0 Å². The number of hydrogen-bond acceptors (Lipinski definition) is 1. The molecule has 0 atom stereocenters. The fraction of sp³-hybridized carbons (Fsp3) is 0.200. The summed E-state index contributed by atoms with van der Waals surface area (Å²) in [7, 11) is 1.52. The predicted octanol–water partition coefficient (Wildman–Crippen LogP) is -2.26. The van der Waals surface area contributed by atoms with E-state index in [0.29, 0.717) is 0 Å². The molecule has 0 aliphatic heterocycles. The first kappa shape index (κ1) is 9.85. The van der Waals surface area contributed by atoms with Crippen LogP contribution in [0.1, 0.15) is 0 Å². The van der Waals surface area contributed by atoms with Crippen LogP contribution in [0.15, 0.2) is 12.3 Å². The maximum Gasteiger partial charge on any atom is 1.00 e. The maximum atomic E-state index is 6.29. The van der Waals surface area contributed by atoms with E-state index < -0.39 is 0 Å². The van der Waals surface area contributed by atoms with Crippen molar-refractivity contribution in [2.24, 2.45) is 0 Å². The van der Waals surface area contributed by atoms with Gasteiger partial charge in [-0.05, 0) is 0 Å². The van der Waals surface area contributed by atoms with Crippen LogP contribution in [0.3, 0.4) is 0 Å². The average molecular weight is 88.0 g/mol. The first-order valence-corrected chi connectivity index (χ1v) is 1.52. The van der Waals surface area contributed by atoms with Crippen molar-refractivity contribution in [3.05, 3.63) is 18.8 Å². The Bertz CT molecular complexity index is 80.6. The van der Waals surface area contributed by atoms with Crippen LogP contribution in [-0.2, 0) is 4.74 Å².